The van der Waals surface area contributed by atoms with E-state index >= 15 is 0 Å². The maximum Gasteiger partial charge on any atom is 0.0493 e. The van der Waals surface area contributed by atoms with E-state index in [0.717, 1.165) is 10.0 Å². The summed E-state index contributed by atoms with van der Waals surface area (Å²) in [4.78, 5) is 0. The lowest BCUT2D eigenvalue weighted by Gasteiger charge is -2.08. The molecule has 1 aromatic rings. The van der Waals surface area contributed by atoms with E-state index in [0.29, 0.717) is 5.02 Å². The van der Waals surface area contributed by atoms with Gasteiger partial charge in [-0.3, -0.25) is 0 Å². The van der Waals surface area contributed by atoms with Gasteiger partial charge >= 0.3 is 0 Å². The molecule has 0 bridgehead atoms. The van der Waals surface area contributed by atoms with Crippen LogP contribution in [0.2, 0.25) is 5.02 Å². The first-order valence-corrected chi connectivity index (χ1v) is 4.65. The average molecular weight is 283 g/mol. The van der Waals surface area contributed by atoms with Crippen molar-refractivity contribution in [1.82, 2.24) is 0 Å². The summed E-state index contributed by atoms with van der Waals surface area (Å²) in [5, 5.41) is 0.672. The van der Waals surface area contributed by atoms with E-state index < -0.39 is 0 Å². The second kappa shape index (κ2) is 5.66. The summed E-state index contributed by atoms with van der Waals surface area (Å²) in [6.45, 7) is 3.61. The molecular formula is C9H10BrCl2N. The predicted octanol–water partition coefficient (Wildman–Crippen LogP) is 3.71. The Balaban J connectivity index is 0.00000144. The first-order valence-electron chi connectivity index (χ1n) is 3.48. The molecule has 0 aliphatic heterocycles. The number of rotatable bonds is 2. The minimum atomic E-state index is -0.199. The molecule has 0 saturated carbocycles. The number of halogens is 3. The highest BCUT2D eigenvalue weighted by molar-refractivity contribution is 9.10. The summed E-state index contributed by atoms with van der Waals surface area (Å²) in [7, 11) is 0. The SMILES string of the molecule is C=C[C@@H](N)c1cc(Br)ccc1Cl.Cl. The molecule has 0 amide bonds. The van der Waals surface area contributed by atoms with Gasteiger partial charge in [0.05, 0.1) is 0 Å². The van der Waals surface area contributed by atoms with Crippen molar-refractivity contribution < 1.29 is 0 Å². The number of hydrogen-bond donors (Lipinski definition) is 1. The third-order valence-electron chi connectivity index (χ3n) is 1.57. The smallest absolute Gasteiger partial charge is 0.0493 e. The Labute approximate surface area is 97.5 Å². The summed E-state index contributed by atoms with van der Waals surface area (Å²) >= 11 is 9.27. The molecular weight excluding hydrogens is 273 g/mol. The average Bonchev–Trinajstić information content (AvgIpc) is 2.08. The Morgan fingerprint density at radius 2 is 2.15 bits per heavy atom. The van der Waals surface area contributed by atoms with Gasteiger partial charge in [0.25, 0.3) is 0 Å². The summed E-state index contributed by atoms with van der Waals surface area (Å²) in [5.41, 5.74) is 6.63. The molecule has 0 unspecified atom stereocenters. The van der Waals surface area contributed by atoms with Crippen molar-refractivity contribution in [2.75, 3.05) is 0 Å². The van der Waals surface area contributed by atoms with E-state index in [2.05, 4.69) is 22.5 Å². The Morgan fingerprint density at radius 1 is 1.54 bits per heavy atom. The fraction of sp³-hybridized carbons (Fsp3) is 0.111. The van der Waals surface area contributed by atoms with Crippen LogP contribution in [0.15, 0.2) is 35.3 Å². The lowest BCUT2D eigenvalue weighted by molar-refractivity contribution is 0.913. The van der Waals surface area contributed by atoms with E-state index in [-0.39, 0.29) is 18.4 Å². The zero-order valence-corrected chi connectivity index (χ0v) is 9.99. The van der Waals surface area contributed by atoms with Gasteiger partial charge in [-0.15, -0.1) is 19.0 Å². The first kappa shape index (κ1) is 13.0. The highest BCUT2D eigenvalue weighted by atomic mass is 79.9. The fourth-order valence-electron chi connectivity index (χ4n) is 0.897. The van der Waals surface area contributed by atoms with E-state index in [1.807, 2.05) is 18.2 Å². The van der Waals surface area contributed by atoms with Crippen molar-refractivity contribution in [3.63, 3.8) is 0 Å². The zero-order valence-electron chi connectivity index (χ0n) is 6.84. The van der Waals surface area contributed by atoms with Gasteiger partial charge in [0.2, 0.25) is 0 Å². The molecule has 13 heavy (non-hydrogen) atoms. The Morgan fingerprint density at radius 3 is 2.69 bits per heavy atom. The molecule has 0 spiro atoms. The topological polar surface area (TPSA) is 26.0 Å². The minimum Gasteiger partial charge on any atom is -0.321 e. The van der Waals surface area contributed by atoms with Crippen molar-refractivity contribution in [3.05, 3.63) is 45.9 Å². The molecule has 0 heterocycles. The van der Waals surface area contributed by atoms with Crippen LogP contribution >= 0.6 is 39.9 Å². The van der Waals surface area contributed by atoms with Gasteiger partial charge < -0.3 is 5.73 Å². The van der Waals surface area contributed by atoms with Crippen molar-refractivity contribution >= 4 is 39.9 Å². The van der Waals surface area contributed by atoms with Crippen LogP contribution in [0.1, 0.15) is 11.6 Å². The highest BCUT2D eigenvalue weighted by Crippen LogP contribution is 2.25. The van der Waals surface area contributed by atoms with E-state index in [1.54, 1.807) is 6.08 Å². The second-order valence-corrected chi connectivity index (χ2v) is 3.75. The Hall–Kier alpha value is -0.0200. The van der Waals surface area contributed by atoms with Crippen LogP contribution in [0.25, 0.3) is 0 Å². The van der Waals surface area contributed by atoms with Crippen molar-refractivity contribution in [3.8, 4) is 0 Å². The van der Waals surface area contributed by atoms with Crippen LogP contribution in [0.3, 0.4) is 0 Å². The van der Waals surface area contributed by atoms with Crippen LogP contribution < -0.4 is 5.73 Å². The molecule has 0 aliphatic rings. The van der Waals surface area contributed by atoms with Crippen LogP contribution in [-0.4, -0.2) is 0 Å². The molecule has 1 aromatic carbocycles. The third-order valence-corrected chi connectivity index (χ3v) is 2.41. The monoisotopic (exact) mass is 281 g/mol. The predicted molar refractivity (Wildman–Crippen MR) is 63.5 cm³/mol. The first-order chi connectivity index (χ1) is 5.65. The van der Waals surface area contributed by atoms with Crippen LogP contribution in [0, 0.1) is 0 Å². The summed E-state index contributed by atoms with van der Waals surface area (Å²) < 4.78 is 0.971. The molecule has 0 saturated heterocycles. The Kier molecular flexibility index (Phi) is 5.65. The molecule has 0 aromatic heterocycles. The van der Waals surface area contributed by atoms with Gasteiger partial charge in [0, 0.05) is 15.5 Å². The minimum absolute atomic E-state index is 0. The number of benzene rings is 1. The quantitative estimate of drug-likeness (QED) is 0.823. The lowest BCUT2D eigenvalue weighted by atomic mass is 10.1. The molecule has 1 atom stereocenters. The molecule has 1 rings (SSSR count). The van der Waals surface area contributed by atoms with Crippen LogP contribution in [-0.2, 0) is 0 Å². The second-order valence-electron chi connectivity index (χ2n) is 2.43. The van der Waals surface area contributed by atoms with Gasteiger partial charge in [-0.05, 0) is 23.8 Å². The van der Waals surface area contributed by atoms with Crippen molar-refractivity contribution in [2.24, 2.45) is 5.73 Å². The van der Waals surface area contributed by atoms with E-state index in [9.17, 15) is 0 Å². The highest BCUT2D eigenvalue weighted by Gasteiger charge is 2.06. The molecule has 0 radical (unpaired) electrons. The summed E-state index contributed by atoms with van der Waals surface area (Å²) in [6, 6.07) is 5.38. The van der Waals surface area contributed by atoms with Crippen LogP contribution in [0.4, 0.5) is 0 Å². The zero-order chi connectivity index (χ0) is 9.14. The molecule has 0 fully saturated rings. The van der Waals surface area contributed by atoms with Crippen molar-refractivity contribution in [1.29, 1.82) is 0 Å². The molecule has 2 N–H and O–H groups in total. The standard InChI is InChI=1S/C9H9BrClN.ClH/c1-2-9(12)7-5-6(10)3-4-8(7)11;/h2-5,9H,1,12H2;1H/t9-;/m1./s1. The lowest BCUT2D eigenvalue weighted by Crippen LogP contribution is -2.06. The largest absolute Gasteiger partial charge is 0.321 e. The van der Waals surface area contributed by atoms with Gasteiger partial charge in [-0.1, -0.05) is 33.6 Å². The summed E-state index contributed by atoms with van der Waals surface area (Å²) in [5.74, 6) is 0. The van der Waals surface area contributed by atoms with Gasteiger partial charge in [0.15, 0.2) is 0 Å². The van der Waals surface area contributed by atoms with Gasteiger partial charge in [-0.2, -0.15) is 0 Å². The van der Waals surface area contributed by atoms with Crippen LogP contribution in [0.5, 0.6) is 0 Å². The maximum atomic E-state index is 5.92. The molecule has 72 valence electrons. The van der Waals surface area contributed by atoms with Gasteiger partial charge in [0.1, 0.15) is 0 Å². The van der Waals surface area contributed by atoms with E-state index in [1.165, 1.54) is 0 Å². The van der Waals surface area contributed by atoms with E-state index in [4.69, 9.17) is 17.3 Å². The fourth-order valence-corrected chi connectivity index (χ4v) is 1.52. The third kappa shape index (κ3) is 3.31. The maximum absolute atomic E-state index is 5.92. The van der Waals surface area contributed by atoms with Crippen molar-refractivity contribution in [2.45, 2.75) is 6.04 Å². The van der Waals surface area contributed by atoms with Gasteiger partial charge in [-0.25, -0.2) is 0 Å². The normalized spacial score (nSPS) is 11.6. The molecule has 4 heteroatoms. The molecule has 1 nitrogen and oxygen atoms in total. The summed E-state index contributed by atoms with van der Waals surface area (Å²) in [6.07, 6.45) is 1.66. The number of nitrogens with two attached hydrogens (primary N) is 1. The molecule has 0 aliphatic carbocycles. The Bertz CT molecular complexity index is 302. The number of hydrogen-bond acceptors (Lipinski definition) is 1.